The summed E-state index contributed by atoms with van der Waals surface area (Å²) >= 11 is 0. The highest BCUT2D eigenvalue weighted by Gasteiger charge is 2.00. The van der Waals surface area contributed by atoms with Gasteiger partial charge in [0.15, 0.2) is 0 Å². The molecule has 0 unspecified atom stereocenters. The molecule has 0 aliphatic rings. The zero-order chi connectivity index (χ0) is 8.27. The second-order valence-corrected chi connectivity index (χ2v) is 2.30. The summed E-state index contributed by atoms with van der Waals surface area (Å²) in [4.78, 5) is 0. The first kappa shape index (κ1) is 11.2. The number of hydrogen-bond donors (Lipinski definition) is 2. The summed E-state index contributed by atoms with van der Waals surface area (Å²) in [5.74, 6) is -0.200. The van der Waals surface area contributed by atoms with Gasteiger partial charge in [0.25, 0.3) is 0 Å². The molecule has 68 valence electrons. The van der Waals surface area contributed by atoms with Crippen LogP contribution in [-0.2, 0) is 6.54 Å². The highest BCUT2D eigenvalue weighted by Crippen LogP contribution is 2.16. The van der Waals surface area contributed by atoms with Crippen LogP contribution >= 0.6 is 12.4 Å². The molecule has 2 nitrogen and oxygen atoms in total. The molecule has 0 saturated heterocycles. The van der Waals surface area contributed by atoms with E-state index in [-0.39, 0.29) is 24.0 Å². The van der Waals surface area contributed by atoms with Crippen molar-refractivity contribution in [3.05, 3.63) is 29.6 Å². The van der Waals surface area contributed by atoms with Crippen LogP contribution in [0.4, 0.5) is 4.39 Å². The first-order valence-electron chi connectivity index (χ1n) is 3.36. The van der Waals surface area contributed by atoms with Gasteiger partial charge in [0.1, 0.15) is 11.6 Å². The van der Waals surface area contributed by atoms with E-state index in [0.717, 1.165) is 0 Å². The molecule has 1 aromatic carbocycles. The predicted octanol–water partition coefficient (Wildman–Crippen LogP) is 1.67. The Bertz CT molecular complexity index is 255. The minimum atomic E-state index is -0.326. The number of phenols is 1. The molecule has 2 N–H and O–H groups in total. The van der Waals surface area contributed by atoms with Crippen molar-refractivity contribution in [1.29, 1.82) is 0 Å². The van der Waals surface area contributed by atoms with E-state index in [9.17, 15) is 4.39 Å². The maximum Gasteiger partial charge on any atom is 0.123 e. The molecule has 0 fully saturated rings. The van der Waals surface area contributed by atoms with Gasteiger partial charge in [0.2, 0.25) is 0 Å². The van der Waals surface area contributed by atoms with Crippen LogP contribution in [0, 0.1) is 5.82 Å². The normalized spacial score (nSPS) is 9.17. The van der Waals surface area contributed by atoms with E-state index in [1.54, 1.807) is 7.05 Å². The fourth-order valence-corrected chi connectivity index (χ4v) is 0.886. The minimum Gasteiger partial charge on any atom is -0.508 e. The summed E-state index contributed by atoms with van der Waals surface area (Å²) in [7, 11) is 1.74. The highest BCUT2D eigenvalue weighted by molar-refractivity contribution is 5.85. The maximum absolute atomic E-state index is 12.5. The summed E-state index contributed by atoms with van der Waals surface area (Å²) in [6, 6.07) is 3.89. The SMILES string of the molecule is CNCc1cc(F)ccc1O.Cl. The summed E-state index contributed by atoms with van der Waals surface area (Å²) in [6.45, 7) is 0.476. The van der Waals surface area contributed by atoms with Crippen LogP contribution in [0.2, 0.25) is 0 Å². The number of benzene rings is 1. The second kappa shape index (κ2) is 4.95. The van der Waals surface area contributed by atoms with Crippen LogP contribution in [-0.4, -0.2) is 12.2 Å². The molecule has 0 heterocycles. The Balaban J connectivity index is 0.00000121. The van der Waals surface area contributed by atoms with E-state index >= 15 is 0 Å². The smallest absolute Gasteiger partial charge is 0.123 e. The van der Waals surface area contributed by atoms with E-state index < -0.39 is 0 Å². The van der Waals surface area contributed by atoms with Crippen LogP contribution in [0.5, 0.6) is 5.75 Å². The molecule has 12 heavy (non-hydrogen) atoms. The van der Waals surface area contributed by atoms with Crippen molar-refractivity contribution in [2.24, 2.45) is 0 Å². The molecule has 0 saturated carbocycles. The first-order chi connectivity index (χ1) is 5.24. The molecule has 0 spiro atoms. The van der Waals surface area contributed by atoms with Gasteiger partial charge in [-0.15, -0.1) is 12.4 Å². The summed E-state index contributed by atoms with van der Waals surface area (Å²) in [6.07, 6.45) is 0. The fourth-order valence-electron chi connectivity index (χ4n) is 0.886. The van der Waals surface area contributed by atoms with Crippen molar-refractivity contribution in [2.75, 3.05) is 7.05 Å². The quantitative estimate of drug-likeness (QED) is 0.746. The molecular weight excluding hydrogens is 181 g/mol. The predicted molar refractivity (Wildman–Crippen MR) is 48.1 cm³/mol. The topological polar surface area (TPSA) is 32.3 Å². The van der Waals surface area contributed by atoms with E-state index in [4.69, 9.17) is 5.11 Å². The van der Waals surface area contributed by atoms with Gasteiger partial charge in [-0.3, -0.25) is 0 Å². The van der Waals surface area contributed by atoms with Crippen molar-refractivity contribution in [3.63, 3.8) is 0 Å². The Morgan fingerprint density at radius 2 is 2.17 bits per heavy atom. The number of halogens is 2. The van der Waals surface area contributed by atoms with E-state index in [2.05, 4.69) is 5.32 Å². The lowest BCUT2D eigenvalue weighted by Gasteiger charge is -2.02. The first-order valence-corrected chi connectivity index (χ1v) is 3.36. The Labute approximate surface area is 76.8 Å². The number of nitrogens with one attached hydrogen (secondary N) is 1. The number of phenolic OH excluding ortho intramolecular Hbond substituents is 1. The van der Waals surface area contributed by atoms with Crippen molar-refractivity contribution in [3.8, 4) is 5.75 Å². The van der Waals surface area contributed by atoms with Gasteiger partial charge in [-0.2, -0.15) is 0 Å². The number of hydrogen-bond acceptors (Lipinski definition) is 2. The van der Waals surface area contributed by atoms with E-state index in [1.165, 1.54) is 18.2 Å². The van der Waals surface area contributed by atoms with Crippen LogP contribution in [0.1, 0.15) is 5.56 Å². The van der Waals surface area contributed by atoms with Gasteiger partial charge in [-0.25, -0.2) is 4.39 Å². The highest BCUT2D eigenvalue weighted by atomic mass is 35.5. The third kappa shape index (κ3) is 2.68. The molecule has 1 aromatic rings. The van der Waals surface area contributed by atoms with Crippen LogP contribution < -0.4 is 5.32 Å². The van der Waals surface area contributed by atoms with Gasteiger partial charge < -0.3 is 10.4 Å². The third-order valence-electron chi connectivity index (χ3n) is 1.41. The summed E-state index contributed by atoms with van der Waals surface area (Å²) in [5, 5.41) is 12.0. The lowest BCUT2D eigenvalue weighted by Crippen LogP contribution is -2.05. The van der Waals surface area contributed by atoms with Crippen molar-refractivity contribution < 1.29 is 9.50 Å². The van der Waals surface area contributed by atoms with Gasteiger partial charge in [-0.1, -0.05) is 0 Å². The summed E-state index contributed by atoms with van der Waals surface area (Å²) < 4.78 is 12.5. The Kier molecular flexibility index (Phi) is 4.62. The van der Waals surface area contributed by atoms with Crippen molar-refractivity contribution in [2.45, 2.75) is 6.54 Å². The molecule has 0 atom stereocenters. The van der Waals surface area contributed by atoms with Gasteiger partial charge in [0.05, 0.1) is 0 Å². The Morgan fingerprint density at radius 1 is 1.50 bits per heavy atom. The van der Waals surface area contributed by atoms with Crippen molar-refractivity contribution >= 4 is 12.4 Å². The van der Waals surface area contributed by atoms with Crippen LogP contribution in [0.3, 0.4) is 0 Å². The van der Waals surface area contributed by atoms with Gasteiger partial charge >= 0.3 is 0 Å². The third-order valence-corrected chi connectivity index (χ3v) is 1.41. The average Bonchev–Trinajstić information content (AvgIpc) is 1.98. The number of rotatable bonds is 2. The molecular formula is C8H11ClFNO. The van der Waals surface area contributed by atoms with Crippen LogP contribution in [0.15, 0.2) is 18.2 Å². The van der Waals surface area contributed by atoms with E-state index in [1.807, 2.05) is 0 Å². The van der Waals surface area contributed by atoms with Gasteiger partial charge in [0, 0.05) is 12.1 Å². The molecule has 4 heteroatoms. The van der Waals surface area contributed by atoms with Crippen LogP contribution in [0.25, 0.3) is 0 Å². The lowest BCUT2D eigenvalue weighted by atomic mass is 10.2. The lowest BCUT2D eigenvalue weighted by molar-refractivity contribution is 0.463. The molecule has 0 amide bonds. The molecule has 1 rings (SSSR count). The fraction of sp³-hybridized carbons (Fsp3) is 0.250. The largest absolute Gasteiger partial charge is 0.508 e. The molecule has 0 aliphatic heterocycles. The number of aromatic hydroxyl groups is 1. The molecule has 0 bridgehead atoms. The average molecular weight is 192 g/mol. The Morgan fingerprint density at radius 3 is 2.75 bits per heavy atom. The standard InChI is InChI=1S/C8H10FNO.ClH/c1-10-5-6-4-7(9)2-3-8(6)11;/h2-4,10-11H,5H2,1H3;1H. The second-order valence-electron chi connectivity index (χ2n) is 2.30. The van der Waals surface area contributed by atoms with Crippen molar-refractivity contribution in [1.82, 2.24) is 5.32 Å². The Hall–Kier alpha value is -0.800. The van der Waals surface area contributed by atoms with E-state index in [0.29, 0.717) is 12.1 Å². The zero-order valence-electron chi connectivity index (χ0n) is 6.67. The molecule has 0 radical (unpaired) electrons. The molecule has 0 aliphatic carbocycles. The minimum absolute atomic E-state index is 0. The zero-order valence-corrected chi connectivity index (χ0v) is 7.49. The summed E-state index contributed by atoms with van der Waals surface area (Å²) in [5.41, 5.74) is 0.576. The molecule has 0 aromatic heterocycles. The monoisotopic (exact) mass is 191 g/mol. The maximum atomic E-state index is 12.5. The van der Waals surface area contributed by atoms with Gasteiger partial charge in [-0.05, 0) is 25.2 Å².